The third-order valence-electron chi connectivity index (χ3n) is 9.43. The number of carbonyl (C=O) groups is 2. The monoisotopic (exact) mass is 728 g/mol. The van der Waals surface area contributed by atoms with Crippen LogP contribution in [0, 0.1) is 0 Å². The summed E-state index contributed by atoms with van der Waals surface area (Å²) in [5.74, 6) is -0.569. The summed E-state index contributed by atoms with van der Waals surface area (Å²) in [6, 6.07) is -0.723. The molecule has 3 atom stereocenters. The number of hydrogen-bond donors (Lipinski definition) is 3. The third-order valence-corrected chi connectivity index (χ3v) is 9.43. The van der Waals surface area contributed by atoms with Crippen molar-refractivity contribution in [1.29, 1.82) is 0 Å². The van der Waals surface area contributed by atoms with Crippen LogP contribution in [-0.2, 0) is 14.3 Å². The lowest BCUT2D eigenvalue weighted by Gasteiger charge is -2.24. The lowest BCUT2D eigenvalue weighted by molar-refractivity contribution is -0.151. The molecule has 3 N–H and O–H groups in total. The highest BCUT2D eigenvalue weighted by Gasteiger charge is 2.23. The Labute approximate surface area is 320 Å². The third kappa shape index (κ3) is 34.6. The SMILES string of the molecule is CC/C=C/C=C/C=C\C=C/CCCC(CC(=O)NC(CO)C(O)CCCCCCCCCCC)OC(=O)CCCCC/C=C\CCCCCCCC. The van der Waals surface area contributed by atoms with Crippen LogP contribution in [0.15, 0.2) is 60.8 Å². The van der Waals surface area contributed by atoms with E-state index in [1.54, 1.807) is 0 Å². The fraction of sp³-hybridized carbons (Fsp3) is 0.739. The Hall–Kier alpha value is -2.44. The van der Waals surface area contributed by atoms with E-state index >= 15 is 0 Å². The molecule has 0 saturated carbocycles. The standard InChI is InChI=1S/C46H81NO5/c1-4-7-10-13-16-19-21-22-24-27-30-33-36-39-46(51)52-42(37-34-31-28-26-23-20-17-14-11-8-5-2)40-45(50)47-43(41-48)44(49)38-35-32-29-25-18-15-12-9-6-3/h8,11,14,17,20,22-24,26,28,42-44,48-49H,4-7,9-10,12-13,15-16,18-19,21,25,27,29-41H2,1-3H3,(H,47,50)/b11-8+,17-14+,23-20-,24-22-,28-26-. The zero-order chi connectivity index (χ0) is 38.2. The Morgan fingerprint density at radius 2 is 1.08 bits per heavy atom. The number of hydrogen-bond acceptors (Lipinski definition) is 5. The van der Waals surface area contributed by atoms with Gasteiger partial charge in [-0.15, -0.1) is 0 Å². The van der Waals surface area contributed by atoms with Gasteiger partial charge in [-0.3, -0.25) is 9.59 Å². The molecule has 6 nitrogen and oxygen atoms in total. The molecular formula is C46H81NO5. The molecule has 0 spiro atoms. The molecule has 0 aliphatic carbocycles. The number of nitrogens with one attached hydrogen (secondary N) is 1. The predicted molar refractivity (Wildman–Crippen MR) is 222 cm³/mol. The lowest BCUT2D eigenvalue weighted by atomic mass is 10.0. The normalized spacial score (nSPS) is 14.0. The number of allylic oxidation sites excluding steroid dienone is 10. The van der Waals surface area contributed by atoms with Crippen LogP contribution < -0.4 is 5.32 Å². The summed E-state index contributed by atoms with van der Waals surface area (Å²) in [7, 11) is 0. The van der Waals surface area contributed by atoms with E-state index in [-0.39, 0.29) is 24.9 Å². The quantitative estimate of drug-likeness (QED) is 0.0256. The minimum absolute atomic E-state index is 0.0239. The largest absolute Gasteiger partial charge is 0.462 e. The van der Waals surface area contributed by atoms with Gasteiger partial charge in [0.2, 0.25) is 5.91 Å². The summed E-state index contributed by atoms with van der Waals surface area (Å²) in [5, 5.41) is 23.5. The van der Waals surface area contributed by atoms with E-state index in [1.165, 1.54) is 77.0 Å². The molecule has 0 saturated heterocycles. The van der Waals surface area contributed by atoms with E-state index in [0.29, 0.717) is 19.3 Å². The highest BCUT2D eigenvalue weighted by molar-refractivity contribution is 5.77. The molecule has 0 aromatic carbocycles. The Morgan fingerprint density at radius 1 is 0.577 bits per heavy atom. The first-order valence-corrected chi connectivity index (χ1v) is 21.6. The van der Waals surface area contributed by atoms with Crippen molar-refractivity contribution in [3.63, 3.8) is 0 Å². The number of aliphatic hydroxyl groups is 2. The van der Waals surface area contributed by atoms with E-state index in [4.69, 9.17) is 4.74 Å². The zero-order valence-electron chi connectivity index (χ0n) is 33.9. The van der Waals surface area contributed by atoms with E-state index in [1.807, 2.05) is 36.5 Å². The number of rotatable bonds is 37. The van der Waals surface area contributed by atoms with Crippen molar-refractivity contribution in [3.05, 3.63) is 60.8 Å². The highest BCUT2D eigenvalue weighted by atomic mass is 16.5. The van der Waals surface area contributed by atoms with Gasteiger partial charge in [-0.2, -0.15) is 0 Å². The maximum Gasteiger partial charge on any atom is 0.306 e. The van der Waals surface area contributed by atoms with Crippen molar-refractivity contribution in [2.24, 2.45) is 0 Å². The summed E-state index contributed by atoms with van der Waals surface area (Å²) in [6.45, 7) is 6.26. The molecule has 0 aliphatic heterocycles. The molecule has 0 radical (unpaired) electrons. The molecule has 1 amide bonds. The number of carbonyl (C=O) groups excluding carboxylic acids is 2. The van der Waals surface area contributed by atoms with Gasteiger partial charge >= 0.3 is 5.97 Å². The average Bonchev–Trinajstić information content (AvgIpc) is 3.13. The van der Waals surface area contributed by atoms with Gasteiger partial charge in [-0.05, 0) is 64.2 Å². The van der Waals surface area contributed by atoms with Gasteiger partial charge in [-0.25, -0.2) is 0 Å². The second-order valence-electron chi connectivity index (χ2n) is 14.4. The molecule has 52 heavy (non-hydrogen) atoms. The number of amides is 1. The van der Waals surface area contributed by atoms with Gasteiger partial charge in [0, 0.05) is 6.42 Å². The second-order valence-corrected chi connectivity index (χ2v) is 14.4. The van der Waals surface area contributed by atoms with E-state index in [9.17, 15) is 19.8 Å². The zero-order valence-corrected chi connectivity index (χ0v) is 33.9. The molecule has 0 rings (SSSR count). The smallest absolute Gasteiger partial charge is 0.306 e. The number of esters is 1. The molecule has 0 aliphatic rings. The number of aliphatic hydroxyl groups excluding tert-OH is 2. The summed E-state index contributed by atoms with van der Waals surface area (Å²) >= 11 is 0. The molecule has 0 fully saturated rings. The van der Waals surface area contributed by atoms with Gasteiger partial charge in [0.05, 0.1) is 25.2 Å². The Morgan fingerprint density at radius 3 is 1.65 bits per heavy atom. The van der Waals surface area contributed by atoms with Crippen LogP contribution in [0.3, 0.4) is 0 Å². The number of unbranched alkanes of at least 4 members (excludes halogenated alkanes) is 18. The predicted octanol–water partition coefficient (Wildman–Crippen LogP) is 12.1. The Balaban J connectivity index is 4.73. The van der Waals surface area contributed by atoms with Crippen LogP contribution in [0.2, 0.25) is 0 Å². The van der Waals surface area contributed by atoms with Crippen LogP contribution in [0.5, 0.6) is 0 Å². The Kier molecular flexibility index (Phi) is 37.9. The number of ether oxygens (including phenoxy) is 1. The van der Waals surface area contributed by atoms with Crippen molar-refractivity contribution in [3.8, 4) is 0 Å². The van der Waals surface area contributed by atoms with Crippen molar-refractivity contribution in [2.75, 3.05) is 6.61 Å². The van der Waals surface area contributed by atoms with Crippen molar-refractivity contribution in [1.82, 2.24) is 5.32 Å². The summed E-state index contributed by atoms with van der Waals surface area (Å²) in [5.41, 5.74) is 0. The van der Waals surface area contributed by atoms with Crippen LogP contribution in [0.25, 0.3) is 0 Å². The van der Waals surface area contributed by atoms with Crippen LogP contribution in [0.4, 0.5) is 0 Å². The van der Waals surface area contributed by atoms with Crippen molar-refractivity contribution < 1.29 is 24.5 Å². The Bertz CT molecular complexity index is 952. The van der Waals surface area contributed by atoms with Gasteiger partial charge in [0.15, 0.2) is 0 Å². The summed E-state index contributed by atoms with van der Waals surface area (Å²) < 4.78 is 5.84. The van der Waals surface area contributed by atoms with E-state index < -0.39 is 18.2 Å². The van der Waals surface area contributed by atoms with Gasteiger partial charge in [0.25, 0.3) is 0 Å². The molecule has 3 unspecified atom stereocenters. The van der Waals surface area contributed by atoms with Crippen molar-refractivity contribution in [2.45, 2.75) is 212 Å². The highest BCUT2D eigenvalue weighted by Crippen LogP contribution is 2.16. The van der Waals surface area contributed by atoms with E-state index in [0.717, 1.165) is 70.6 Å². The van der Waals surface area contributed by atoms with Crippen molar-refractivity contribution >= 4 is 11.9 Å². The minimum atomic E-state index is -0.805. The molecule has 6 heteroatoms. The maximum atomic E-state index is 13.1. The van der Waals surface area contributed by atoms with Gasteiger partial charge < -0.3 is 20.3 Å². The molecular weight excluding hydrogens is 647 g/mol. The average molecular weight is 728 g/mol. The molecule has 0 aromatic rings. The second kappa shape index (κ2) is 39.8. The van der Waals surface area contributed by atoms with Crippen LogP contribution >= 0.6 is 0 Å². The molecule has 300 valence electrons. The summed E-state index contributed by atoms with van der Waals surface area (Å²) in [6.07, 6.45) is 47.2. The first kappa shape index (κ1) is 49.6. The summed E-state index contributed by atoms with van der Waals surface area (Å²) in [4.78, 5) is 25.9. The topological polar surface area (TPSA) is 95.9 Å². The lowest BCUT2D eigenvalue weighted by Crippen LogP contribution is -2.46. The van der Waals surface area contributed by atoms with Crippen LogP contribution in [0.1, 0.15) is 194 Å². The van der Waals surface area contributed by atoms with Gasteiger partial charge in [-0.1, -0.05) is 178 Å². The first-order valence-electron chi connectivity index (χ1n) is 21.6. The molecule has 0 bridgehead atoms. The fourth-order valence-corrected chi connectivity index (χ4v) is 6.14. The molecule has 0 heterocycles. The minimum Gasteiger partial charge on any atom is -0.462 e. The molecule has 0 aromatic heterocycles. The first-order chi connectivity index (χ1) is 25.5. The van der Waals surface area contributed by atoms with E-state index in [2.05, 4.69) is 50.4 Å². The maximum absolute atomic E-state index is 13.1. The fourth-order valence-electron chi connectivity index (χ4n) is 6.14. The van der Waals surface area contributed by atoms with Crippen LogP contribution in [-0.4, -0.2) is 46.9 Å². The van der Waals surface area contributed by atoms with Gasteiger partial charge in [0.1, 0.15) is 6.10 Å².